The molecule has 166 valence electrons. The lowest BCUT2D eigenvalue weighted by molar-refractivity contribution is -0.133. The number of oxime groups is 1. The third kappa shape index (κ3) is 5.15. The maximum absolute atomic E-state index is 12.1. The van der Waals surface area contributed by atoms with Crippen LogP contribution in [0.3, 0.4) is 0 Å². The lowest BCUT2D eigenvalue weighted by Crippen LogP contribution is -2.07. The molecule has 0 aliphatic carbocycles. The number of aromatic nitrogens is 1. The maximum Gasteiger partial charge on any atom is 0.341 e. The number of benzene rings is 2. The summed E-state index contributed by atoms with van der Waals surface area (Å²) in [6.07, 6.45) is 3.01. The molecule has 8 nitrogen and oxygen atoms in total. The van der Waals surface area contributed by atoms with Gasteiger partial charge in [0.15, 0.2) is 5.58 Å². The molecule has 3 aromatic rings. The van der Waals surface area contributed by atoms with E-state index in [-0.39, 0.29) is 12.2 Å². The predicted molar refractivity (Wildman–Crippen MR) is 120 cm³/mol. The van der Waals surface area contributed by atoms with E-state index in [4.69, 9.17) is 23.6 Å². The van der Waals surface area contributed by atoms with Gasteiger partial charge in [-0.05, 0) is 24.6 Å². The molecule has 3 rings (SSSR count). The van der Waals surface area contributed by atoms with E-state index < -0.39 is 5.97 Å². The highest BCUT2D eigenvalue weighted by Crippen LogP contribution is 2.25. The van der Waals surface area contributed by atoms with Crippen molar-refractivity contribution in [3.8, 4) is 5.75 Å². The van der Waals surface area contributed by atoms with E-state index in [1.54, 1.807) is 25.1 Å². The monoisotopic (exact) mass is 436 g/mol. The Balaban J connectivity index is 1.78. The molecule has 0 aliphatic rings. The van der Waals surface area contributed by atoms with E-state index in [1.165, 1.54) is 20.5 Å². The smallest absolute Gasteiger partial charge is 0.341 e. The quantitative estimate of drug-likeness (QED) is 0.115. The number of methoxy groups -OCH3 is 2. The number of esters is 1. The minimum Gasteiger partial charge on any atom is -0.503 e. The lowest BCUT2D eigenvalue weighted by atomic mass is 10.0. The fourth-order valence-electron chi connectivity index (χ4n) is 3.02. The molecule has 0 fully saturated rings. The summed E-state index contributed by atoms with van der Waals surface area (Å²) in [7, 11) is 2.78. The summed E-state index contributed by atoms with van der Waals surface area (Å²) in [5.41, 5.74) is 3.35. The fraction of sp³-hybridized carbons (Fsp3) is 0.208. The molecule has 0 N–H and O–H groups in total. The second-order valence-electron chi connectivity index (χ2n) is 6.65. The van der Waals surface area contributed by atoms with Crippen molar-refractivity contribution < 1.29 is 28.4 Å². The maximum atomic E-state index is 12.1. The van der Waals surface area contributed by atoms with Crippen LogP contribution in [-0.4, -0.2) is 37.7 Å². The Kier molecular flexibility index (Phi) is 7.64. The van der Waals surface area contributed by atoms with Crippen molar-refractivity contribution in [3.63, 3.8) is 0 Å². The van der Waals surface area contributed by atoms with Gasteiger partial charge in [-0.1, -0.05) is 47.2 Å². The van der Waals surface area contributed by atoms with Crippen LogP contribution in [-0.2, 0) is 25.7 Å². The zero-order valence-electron chi connectivity index (χ0n) is 18.2. The number of rotatable bonds is 10. The summed E-state index contributed by atoms with van der Waals surface area (Å²) in [6.45, 7) is 5.93. The molecular formula is C24H24N2O6. The Morgan fingerprint density at radius 2 is 2.03 bits per heavy atom. The van der Waals surface area contributed by atoms with Crippen LogP contribution in [0, 0.1) is 0 Å². The Bertz CT molecular complexity index is 1160. The third-order valence-corrected chi connectivity index (χ3v) is 4.52. The molecule has 0 aliphatic heterocycles. The summed E-state index contributed by atoms with van der Waals surface area (Å²) in [5.74, 6) is 0.151. The van der Waals surface area contributed by atoms with Gasteiger partial charge in [-0.25, -0.2) is 4.79 Å². The first-order valence-electron chi connectivity index (χ1n) is 9.78. The molecule has 0 saturated carbocycles. The minimum absolute atomic E-state index is 0.126. The number of hydrogen-bond acceptors (Lipinski definition) is 8. The summed E-state index contributed by atoms with van der Waals surface area (Å²) >= 11 is 0. The van der Waals surface area contributed by atoms with Crippen molar-refractivity contribution in [2.75, 3.05) is 20.8 Å². The zero-order valence-corrected chi connectivity index (χ0v) is 18.2. The van der Waals surface area contributed by atoms with Crippen molar-refractivity contribution in [1.82, 2.24) is 5.16 Å². The van der Waals surface area contributed by atoms with Gasteiger partial charge in [-0.3, -0.25) is 0 Å². The highest BCUT2D eigenvalue weighted by atomic mass is 16.6. The number of ether oxygens (including phenoxy) is 3. The molecule has 1 aromatic heterocycles. The van der Waals surface area contributed by atoms with E-state index in [2.05, 4.69) is 16.9 Å². The lowest BCUT2D eigenvalue weighted by Gasteiger charge is -2.11. The largest absolute Gasteiger partial charge is 0.503 e. The molecule has 0 atom stereocenters. The van der Waals surface area contributed by atoms with Crippen molar-refractivity contribution in [1.29, 1.82) is 0 Å². The molecular weight excluding hydrogens is 412 g/mol. The fourth-order valence-corrected chi connectivity index (χ4v) is 3.02. The number of hydrogen-bond donors (Lipinski definition) is 0. The van der Waals surface area contributed by atoms with Gasteiger partial charge in [0.1, 0.15) is 35.9 Å². The van der Waals surface area contributed by atoms with Gasteiger partial charge in [0.2, 0.25) is 0 Å². The standard InChI is InChI=1S/C24H24N2O6/c1-5-12-30-18-10-11-20-22(13-18)32-26-23(20)16(2)25-31-14-17-8-6-7-9-19(17)21(15-28-3)24(27)29-4/h5-11,13,15H,1,12,14H2,2-4H3/b21-15+,25-16-. The SMILES string of the molecule is C=CCOc1ccc2c(/C(C)=N\OCc3ccccc3/C(=C\OC)C(=O)OC)noc2c1. The summed E-state index contributed by atoms with van der Waals surface area (Å²) in [4.78, 5) is 17.7. The Morgan fingerprint density at radius 1 is 1.22 bits per heavy atom. The number of carbonyl (C=O) groups excluding carboxylic acids is 1. The average molecular weight is 436 g/mol. The molecule has 32 heavy (non-hydrogen) atoms. The molecule has 0 saturated heterocycles. The first-order chi connectivity index (χ1) is 15.6. The first-order valence-corrected chi connectivity index (χ1v) is 9.78. The van der Waals surface area contributed by atoms with Gasteiger partial charge < -0.3 is 23.6 Å². The second kappa shape index (κ2) is 10.8. The van der Waals surface area contributed by atoms with E-state index in [1.807, 2.05) is 30.3 Å². The van der Waals surface area contributed by atoms with E-state index in [0.29, 0.717) is 34.9 Å². The number of carbonyl (C=O) groups is 1. The molecule has 0 unspecified atom stereocenters. The highest BCUT2D eigenvalue weighted by Gasteiger charge is 2.17. The highest BCUT2D eigenvalue weighted by molar-refractivity contribution is 6.16. The van der Waals surface area contributed by atoms with Crippen LogP contribution >= 0.6 is 0 Å². The van der Waals surface area contributed by atoms with Crippen LogP contribution in [0.5, 0.6) is 5.75 Å². The van der Waals surface area contributed by atoms with Gasteiger partial charge in [-0.15, -0.1) is 0 Å². The number of fused-ring (bicyclic) bond motifs is 1. The van der Waals surface area contributed by atoms with Gasteiger partial charge in [-0.2, -0.15) is 0 Å². The molecule has 8 heteroatoms. The second-order valence-corrected chi connectivity index (χ2v) is 6.65. The van der Waals surface area contributed by atoms with Crippen LogP contribution in [0.15, 0.2) is 71.1 Å². The van der Waals surface area contributed by atoms with Crippen molar-refractivity contribution in [3.05, 3.63) is 78.2 Å². The van der Waals surface area contributed by atoms with Crippen LogP contribution in [0.2, 0.25) is 0 Å². The molecule has 2 aromatic carbocycles. The first kappa shape index (κ1) is 22.6. The minimum atomic E-state index is -0.510. The zero-order chi connectivity index (χ0) is 22.9. The van der Waals surface area contributed by atoms with Gasteiger partial charge in [0.05, 0.1) is 25.9 Å². The summed E-state index contributed by atoms with van der Waals surface area (Å²) in [6, 6.07) is 12.7. The molecule has 0 spiro atoms. The van der Waals surface area contributed by atoms with E-state index >= 15 is 0 Å². The van der Waals surface area contributed by atoms with Crippen molar-refractivity contribution in [2.24, 2.45) is 5.16 Å². The normalized spacial score (nSPS) is 11.8. The van der Waals surface area contributed by atoms with Crippen LogP contribution < -0.4 is 4.74 Å². The summed E-state index contributed by atoms with van der Waals surface area (Å²) in [5, 5.41) is 9.07. The number of nitrogens with zero attached hydrogens (tertiary/aromatic N) is 2. The predicted octanol–water partition coefficient (Wildman–Crippen LogP) is 4.49. The Labute approximate surface area is 185 Å². The van der Waals surface area contributed by atoms with Gasteiger partial charge in [0.25, 0.3) is 0 Å². The Hall–Kier alpha value is -4.07. The molecule has 1 heterocycles. The molecule has 0 bridgehead atoms. The summed E-state index contributed by atoms with van der Waals surface area (Å²) < 4.78 is 20.8. The van der Waals surface area contributed by atoms with Crippen LogP contribution in [0.4, 0.5) is 0 Å². The van der Waals surface area contributed by atoms with Gasteiger partial charge in [0, 0.05) is 11.6 Å². The van der Waals surface area contributed by atoms with Crippen molar-refractivity contribution >= 4 is 28.2 Å². The topological polar surface area (TPSA) is 92.4 Å². The van der Waals surface area contributed by atoms with E-state index in [9.17, 15) is 4.79 Å². The molecule has 0 radical (unpaired) electrons. The third-order valence-electron chi connectivity index (χ3n) is 4.52. The van der Waals surface area contributed by atoms with Crippen LogP contribution in [0.25, 0.3) is 16.5 Å². The average Bonchev–Trinajstić information content (AvgIpc) is 3.24. The Morgan fingerprint density at radius 3 is 2.78 bits per heavy atom. The molecule has 0 amide bonds. The van der Waals surface area contributed by atoms with Crippen LogP contribution in [0.1, 0.15) is 23.7 Å². The van der Waals surface area contributed by atoms with Crippen molar-refractivity contribution in [2.45, 2.75) is 13.5 Å². The van der Waals surface area contributed by atoms with E-state index in [0.717, 1.165) is 10.9 Å². The van der Waals surface area contributed by atoms with Gasteiger partial charge >= 0.3 is 5.97 Å².